The van der Waals surface area contributed by atoms with Gasteiger partial charge in [0, 0.05) is 12.1 Å². The van der Waals surface area contributed by atoms with E-state index in [9.17, 15) is 0 Å². The van der Waals surface area contributed by atoms with Crippen LogP contribution < -0.4 is 19.5 Å². The predicted molar refractivity (Wildman–Crippen MR) is 88.0 cm³/mol. The number of methoxy groups -OCH3 is 3. The van der Waals surface area contributed by atoms with Gasteiger partial charge in [-0.3, -0.25) is 0 Å². The summed E-state index contributed by atoms with van der Waals surface area (Å²) < 4.78 is 16.1. The fourth-order valence-corrected chi connectivity index (χ4v) is 2.45. The van der Waals surface area contributed by atoms with Crippen LogP contribution in [0.3, 0.4) is 0 Å². The molecular weight excluding hydrogens is 278 g/mol. The molecule has 0 unspecified atom stereocenters. The summed E-state index contributed by atoms with van der Waals surface area (Å²) in [4.78, 5) is 0. The zero-order valence-corrected chi connectivity index (χ0v) is 13.4. The third-order valence-corrected chi connectivity index (χ3v) is 3.56. The normalized spacial score (nSPS) is 10.3. The van der Waals surface area contributed by atoms with Crippen molar-refractivity contribution in [2.75, 3.05) is 27.9 Å². The zero-order valence-electron chi connectivity index (χ0n) is 13.4. The lowest BCUT2D eigenvalue weighted by atomic mass is 10.1. The highest BCUT2D eigenvalue weighted by Gasteiger charge is 2.09. The van der Waals surface area contributed by atoms with E-state index in [4.69, 9.17) is 14.2 Å². The minimum Gasteiger partial charge on any atom is -0.496 e. The number of para-hydroxylation sites is 2. The van der Waals surface area contributed by atoms with Gasteiger partial charge < -0.3 is 19.5 Å². The Morgan fingerprint density at radius 2 is 1.45 bits per heavy atom. The van der Waals surface area contributed by atoms with Crippen molar-refractivity contribution in [2.24, 2.45) is 0 Å². The first kappa shape index (κ1) is 16.2. The first-order valence-corrected chi connectivity index (χ1v) is 7.32. The number of benzene rings is 2. The minimum absolute atomic E-state index is 0.732. The molecule has 0 saturated carbocycles. The molecule has 0 atom stereocenters. The van der Waals surface area contributed by atoms with Crippen molar-refractivity contribution in [3.8, 4) is 17.2 Å². The molecule has 0 saturated heterocycles. The lowest BCUT2D eigenvalue weighted by Crippen LogP contribution is -2.17. The van der Waals surface area contributed by atoms with Crippen LogP contribution in [0.25, 0.3) is 0 Å². The van der Waals surface area contributed by atoms with E-state index in [1.165, 1.54) is 5.56 Å². The average Bonchev–Trinajstić information content (AvgIpc) is 2.58. The van der Waals surface area contributed by atoms with Crippen molar-refractivity contribution in [1.29, 1.82) is 0 Å². The van der Waals surface area contributed by atoms with Gasteiger partial charge in [0.05, 0.1) is 21.3 Å². The van der Waals surface area contributed by atoms with Gasteiger partial charge in [-0.15, -0.1) is 0 Å². The SMILES string of the molecule is COc1ccccc1CCNCc1cccc(OC)c1OC. The van der Waals surface area contributed by atoms with Crippen LogP contribution in [-0.2, 0) is 13.0 Å². The maximum Gasteiger partial charge on any atom is 0.165 e. The Morgan fingerprint density at radius 1 is 0.773 bits per heavy atom. The Morgan fingerprint density at radius 3 is 2.18 bits per heavy atom. The molecule has 0 heterocycles. The van der Waals surface area contributed by atoms with Crippen molar-refractivity contribution < 1.29 is 14.2 Å². The quantitative estimate of drug-likeness (QED) is 0.761. The van der Waals surface area contributed by atoms with E-state index in [0.717, 1.165) is 42.3 Å². The van der Waals surface area contributed by atoms with Crippen molar-refractivity contribution in [3.63, 3.8) is 0 Å². The van der Waals surface area contributed by atoms with Gasteiger partial charge in [-0.1, -0.05) is 30.3 Å². The summed E-state index contributed by atoms with van der Waals surface area (Å²) in [5.41, 5.74) is 2.29. The van der Waals surface area contributed by atoms with Gasteiger partial charge >= 0.3 is 0 Å². The Hall–Kier alpha value is -2.20. The van der Waals surface area contributed by atoms with Gasteiger partial charge in [0.15, 0.2) is 11.5 Å². The van der Waals surface area contributed by atoms with E-state index in [2.05, 4.69) is 11.4 Å². The highest BCUT2D eigenvalue weighted by atomic mass is 16.5. The Kier molecular flexibility index (Phi) is 6.10. The summed E-state index contributed by atoms with van der Waals surface area (Å²) in [5, 5.41) is 3.44. The standard InChI is InChI=1S/C18H23NO3/c1-20-16-9-5-4-7-14(16)11-12-19-13-15-8-6-10-17(21-2)18(15)22-3/h4-10,19H,11-13H2,1-3H3. The summed E-state index contributed by atoms with van der Waals surface area (Å²) in [6, 6.07) is 14.0. The molecular formula is C18H23NO3. The molecule has 0 aromatic heterocycles. The lowest BCUT2D eigenvalue weighted by molar-refractivity contribution is 0.350. The van der Waals surface area contributed by atoms with Crippen molar-refractivity contribution >= 4 is 0 Å². The summed E-state index contributed by atoms with van der Waals surface area (Å²) >= 11 is 0. The molecule has 0 amide bonds. The minimum atomic E-state index is 0.732. The molecule has 118 valence electrons. The largest absolute Gasteiger partial charge is 0.496 e. The van der Waals surface area contributed by atoms with E-state index < -0.39 is 0 Å². The molecule has 1 N–H and O–H groups in total. The summed E-state index contributed by atoms with van der Waals surface area (Å²) in [5.74, 6) is 2.48. The van der Waals surface area contributed by atoms with Crippen LogP contribution in [0, 0.1) is 0 Å². The molecule has 0 aliphatic heterocycles. The summed E-state index contributed by atoms with van der Waals surface area (Å²) in [6.07, 6.45) is 0.913. The van der Waals surface area contributed by atoms with Gasteiger partial charge in [-0.05, 0) is 30.7 Å². The third kappa shape index (κ3) is 3.92. The van der Waals surface area contributed by atoms with E-state index >= 15 is 0 Å². The molecule has 0 aliphatic rings. The second-order valence-electron chi connectivity index (χ2n) is 4.89. The number of ether oxygens (including phenoxy) is 3. The molecule has 0 fully saturated rings. The zero-order chi connectivity index (χ0) is 15.8. The van der Waals surface area contributed by atoms with Crippen molar-refractivity contribution in [3.05, 3.63) is 53.6 Å². The lowest BCUT2D eigenvalue weighted by Gasteiger charge is -2.13. The molecule has 2 aromatic carbocycles. The van der Waals surface area contributed by atoms with Gasteiger partial charge in [-0.25, -0.2) is 0 Å². The number of hydrogen-bond donors (Lipinski definition) is 1. The fourth-order valence-electron chi connectivity index (χ4n) is 2.45. The van der Waals surface area contributed by atoms with E-state index in [1.54, 1.807) is 21.3 Å². The summed E-state index contributed by atoms with van der Waals surface area (Å²) in [6.45, 7) is 1.59. The van der Waals surface area contributed by atoms with Crippen LogP contribution in [0.2, 0.25) is 0 Å². The molecule has 0 aliphatic carbocycles. The summed E-state index contributed by atoms with van der Waals surface area (Å²) in [7, 11) is 5.01. The van der Waals surface area contributed by atoms with Crippen LogP contribution in [-0.4, -0.2) is 27.9 Å². The molecule has 0 spiro atoms. The van der Waals surface area contributed by atoms with E-state index in [-0.39, 0.29) is 0 Å². The Bertz CT molecular complexity index is 599. The third-order valence-electron chi connectivity index (χ3n) is 3.56. The van der Waals surface area contributed by atoms with E-state index in [0.29, 0.717) is 0 Å². The van der Waals surface area contributed by atoms with E-state index in [1.807, 2.05) is 36.4 Å². The first-order chi connectivity index (χ1) is 10.8. The molecule has 2 rings (SSSR count). The van der Waals surface area contributed by atoms with Crippen LogP contribution in [0.1, 0.15) is 11.1 Å². The van der Waals surface area contributed by atoms with Crippen LogP contribution in [0.15, 0.2) is 42.5 Å². The number of hydrogen-bond acceptors (Lipinski definition) is 4. The van der Waals surface area contributed by atoms with Gasteiger partial charge in [0.1, 0.15) is 5.75 Å². The second-order valence-corrected chi connectivity index (χ2v) is 4.89. The van der Waals surface area contributed by atoms with Crippen LogP contribution >= 0.6 is 0 Å². The van der Waals surface area contributed by atoms with Crippen LogP contribution in [0.4, 0.5) is 0 Å². The van der Waals surface area contributed by atoms with Crippen LogP contribution in [0.5, 0.6) is 17.2 Å². The van der Waals surface area contributed by atoms with Crippen molar-refractivity contribution in [2.45, 2.75) is 13.0 Å². The molecule has 4 nitrogen and oxygen atoms in total. The maximum atomic E-state index is 5.43. The highest BCUT2D eigenvalue weighted by Crippen LogP contribution is 2.30. The highest BCUT2D eigenvalue weighted by molar-refractivity contribution is 5.46. The van der Waals surface area contributed by atoms with Gasteiger partial charge in [-0.2, -0.15) is 0 Å². The van der Waals surface area contributed by atoms with Gasteiger partial charge in [0.2, 0.25) is 0 Å². The number of nitrogens with one attached hydrogen (secondary N) is 1. The molecule has 0 bridgehead atoms. The molecule has 22 heavy (non-hydrogen) atoms. The van der Waals surface area contributed by atoms with Crippen molar-refractivity contribution in [1.82, 2.24) is 5.32 Å². The monoisotopic (exact) mass is 301 g/mol. The Labute approximate surface area is 132 Å². The number of rotatable bonds is 8. The Balaban J connectivity index is 1.92. The first-order valence-electron chi connectivity index (χ1n) is 7.32. The molecule has 4 heteroatoms. The smallest absolute Gasteiger partial charge is 0.165 e. The van der Waals surface area contributed by atoms with Gasteiger partial charge in [0.25, 0.3) is 0 Å². The molecule has 0 radical (unpaired) electrons. The fraction of sp³-hybridized carbons (Fsp3) is 0.333. The maximum absolute atomic E-state index is 5.43. The topological polar surface area (TPSA) is 39.7 Å². The average molecular weight is 301 g/mol. The second kappa shape index (κ2) is 8.29. The molecule has 2 aromatic rings. The predicted octanol–water partition coefficient (Wildman–Crippen LogP) is 3.04.